The molecule has 0 saturated carbocycles. The van der Waals surface area contributed by atoms with E-state index in [9.17, 15) is 9.59 Å². The van der Waals surface area contributed by atoms with Crippen LogP contribution in [-0.2, 0) is 32.1 Å². The number of benzene rings is 2. The van der Waals surface area contributed by atoms with Gasteiger partial charge in [0.25, 0.3) is 0 Å². The fourth-order valence-corrected chi connectivity index (χ4v) is 1.93. The van der Waals surface area contributed by atoms with E-state index in [2.05, 4.69) is 0 Å². The number of hydrogen-bond acceptors (Lipinski definition) is 4. The van der Waals surface area contributed by atoms with Crippen molar-refractivity contribution < 1.29 is 19.1 Å². The van der Waals surface area contributed by atoms with Crippen LogP contribution in [0, 0.1) is 0 Å². The molecule has 2 aromatic carbocycles. The van der Waals surface area contributed by atoms with Gasteiger partial charge in [0.15, 0.2) is 0 Å². The molecular weight excluding hydrogens is 280 g/mol. The highest BCUT2D eigenvalue weighted by atomic mass is 16.6. The highest BCUT2D eigenvalue weighted by Crippen LogP contribution is 2.03. The Hall–Kier alpha value is -2.62. The number of carbonyl (C=O) groups is 2. The molecule has 0 saturated heterocycles. The molecule has 0 spiro atoms. The molecule has 0 heterocycles. The van der Waals surface area contributed by atoms with Crippen molar-refractivity contribution in [3.8, 4) is 0 Å². The molecule has 0 aliphatic carbocycles. The van der Waals surface area contributed by atoms with Gasteiger partial charge in [-0.3, -0.25) is 0 Å². The van der Waals surface area contributed by atoms with Crippen LogP contribution in [0.1, 0.15) is 17.5 Å². The highest BCUT2D eigenvalue weighted by molar-refractivity contribution is 6.29. The second-order valence-electron chi connectivity index (χ2n) is 4.79. The fourth-order valence-electron chi connectivity index (χ4n) is 1.93. The summed E-state index contributed by atoms with van der Waals surface area (Å²) < 4.78 is 9.79. The van der Waals surface area contributed by atoms with Crippen LogP contribution >= 0.6 is 0 Å². The molecule has 4 nitrogen and oxygen atoms in total. The van der Waals surface area contributed by atoms with E-state index in [1.165, 1.54) is 5.56 Å². The van der Waals surface area contributed by atoms with Crippen molar-refractivity contribution in [1.82, 2.24) is 0 Å². The van der Waals surface area contributed by atoms with Crippen LogP contribution in [0.4, 0.5) is 0 Å². The molecule has 0 unspecified atom stereocenters. The van der Waals surface area contributed by atoms with E-state index in [0.717, 1.165) is 12.0 Å². The van der Waals surface area contributed by atoms with Crippen molar-refractivity contribution in [1.29, 1.82) is 0 Å². The van der Waals surface area contributed by atoms with Gasteiger partial charge in [-0.15, -0.1) is 0 Å². The molecule has 0 aromatic heterocycles. The summed E-state index contributed by atoms with van der Waals surface area (Å²) >= 11 is 0. The van der Waals surface area contributed by atoms with Crippen LogP contribution in [0.5, 0.6) is 0 Å². The summed E-state index contributed by atoms with van der Waals surface area (Å²) in [4.78, 5) is 23.0. The highest BCUT2D eigenvalue weighted by Gasteiger charge is 2.16. The first kappa shape index (κ1) is 15.8. The minimum absolute atomic E-state index is 0.0682. The Labute approximate surface area is 129 Å². The molecule has 114 valence electrons. The molecule has 2 aromatic rings. The van der Waals surface area contributed by atoms with Crippen molar-refractivity contribution in [2.75, 3.05) is 6.61 Å². The van der Waals surface area contributed by atoms with E-state index in [-0.39, 0.29) is 13.2 Å². The maximum absolute atomic E-state index is 11.5. The molecule has 0 radical (unpaired) electrons. The topological polar surface area (TPSA) is 52.6 Å². The zero-order chi connectivity index (χ0) is 15.6. The molecule has 0 bridgehead atoms. The third kappa shape index (κ3) is 5.40. The molecule has 2 rings (SSSR count). The summed E-state index contributed by atoms with van der Waals surface area (Å²) in [5.41, 5.74) is 2.00. The Morgan fingerprint density at radius 2 is 1.27 bits per heavy atom. The van der Waals surface area contributed by atoms with Gasteiger partial charge in [0.05, 0.1) is 6.61 Å². The van der Waals surface area contributed by atoms with Crippen LogP contribution in [-0.4, -0.2) is 18.5 Å². The second-order valence-corrected chi connectivity index (χ2v) is 4.79. The molecule has 22 heavy (non-hydrogen) atoms. The van der Waals surface area contributed by atoms with E-state index < -0.39 is 11.9 Å². The van der Waals surface area contributed by atoms with Crippen LogP contribution < -0.4 is 0 Å². The first-order chi connectivity index (χ1) is 10.8. The summed E-state index contributed by atoms with van der Waals surface area (Å²) in [6.07, 6.45) is 1.47. The van der Waals surface area contributed by atoms with Gasteiger partial charge in [-0.1, -0.05) is 60.7 Å². The first-order valence-electron chi connectivity index (χ1n) is 7.17. The maximum Gasteiger partial charge on any atom is 0.417 e. The van der Waals surface area contributed by atoms with Gasteiger partial charge < -0.3 is 9.47 Å². The zero-order valence-electron chi connectivity index (χ0n) is 12.2. The standard InChI is InChI=1S/C18H18O4/c19-17(18(20)22-14-16-10-5-2-6-11-16)21-13-7-12-15-8-3-1-4-9-15/h1-6,8-11H,7,12-14H2. The van der Waals surface area contributed by atoms with E-state index >= 15 is 0 Å². The van der Waals surface area contributed by atoms with Gasteiger partial charge in [-0.05, 0) is 24.0 Å². The second kappa shape index (κ2) is 8.62. The molecule has 0 aliphatic heterocycles. The largest absolute Gasteiger partial charge is 0.457 e. The number of esters is 2. The van der Waals surface area contributed by atoms with Crippen molar-refractivity contribution in [3.05, 3.63) is 71.8 Å². The quantitative estimate of drug-likeness (QED) is 0.467. The number of rotatable bonds is 6. The van der Waals surface area contributed by atoms with Gasteiger partial charge in [-0.2, -0.15) is 0 Å². The van der Waals surface area contributed by atoms with Gasteiger partial charge in [0.2, 0.25) is 0 Å². The summed E-state index contributed by atoms with van der Waals surface area (Å²) in [7, 11) is 0. The lowest BCUT2D eigenvalue weighted by Gasteiger charge is -2.06. The maximum atomic E-state index is 11.5. The lowest BCUT2D eigenvalue weighted by Crippen LogP contribution is -2.20. The van der Waals surface area contributed by atoms with Crippen molar-refractivity contribution in [2.24, 2.45) is 0 Å². The summed E-state index contributed by atoms with van der Waals surface area (Å²) in [5, 5.41) is 0. The van der Waals surface area contributed by atoms with Crippen LogP contribution in [0.3, 0.4) is 0 Å². The number of carbonyl (C=O) groups excluding carboxylic acids is 2. The van der Waals surface area contributed by atoms with Crippen molar-refractivity contribution >= 4 is 11.9 Å². The lowest BCUT2D eigenvalue weighted by atomic mass is 10.1. The Balaban J connectivity index is 1.63. The Bertz CT molecular complexity index is 593. The smallest absolute Gasteiger partial charge is 0.417 e. The average molecular weight is 298 g/mol. The van der Waals surface area contributed by atoms with Crippen LogP contribution in [0.2, 0.25) is 0 Å². The molecule has 0 N–H and O–H groups in total. The van der Waals surface area contributed by atoms with E-state index in [1.54, 1.807) is 0 Å². The predicted octanol–water partition coefficient (Wildman–Crippen LogP) is 2.91. The van der Waals surface area contributed by atoms with Crippen LogP contribution in [0.25, 0.3) is 0 Å². The minimum atomic E-state index is -0.955. The zero-order valence-corrected chi connectivity index (χ0v) is 12.2. The molecule has 0 atom stereocenters. The average Bonchev–Trinajstić information content (AvgIpc) is 2.58. The number of hydrogen-bond donors (Lipinski definition) is 0. The van der Waals surface area contributed by atoms with Gasteiger partial charge in [-0.25, -0.2) is 9.59 Å². The summed E-state index contributed by atoms with van der Waals surface area (Å²) in [6, 6.07) is 19.1. The summed E-state index contributed by atoms with van der Waals surface area (Å²) in [5.74, 6) is -1.90. The third-order valence-electron chi connectivity index (χ3n) is 3.07. The Kier molecular flexibility index (Phi) is 6.18. The van der Waals surface area contributed by atoms with E-state index in [1.807, 2.05) is 60.7 Å². The van der Waals surface area contributed by atoms with Gasteiger partial charge in [0, 0.05) is 0 Å². The molecular formula is C18H18O4. The normalized spacial score (nSPS) is 10.0. The molecule has 4 heteroatoms. The fraction of sp³-hybridized carbons (Fsp3) is 0.222. The molecule has 0 amide bonds. The predicted molar refractivity (Wildman–Crippen MR) is 82.0 cm³/mol. The van der Waals surface area contributed by atoms with E-state index in [4.69, 9.17) is 9.47 Å². The number of ether oxygens (including phenoxy) is 2. The van der Waals surface area contributed by atoms with E-state index in [0.29, 0.717) is 6.42 Å². The van der Waals surface area contributed by atoms with Crippen molar-refractivity contribution in [2.45, 2.75) is 19.4 Å². The van der Waals surface area contributed by atoms with Crippen LogP contribution in [0.15, 0.2) is 60.7 Å². The lowest BCUT2D eigenvalue weighted by molar-refractivity contribution is -0.168. The molecule has 0 aliphatic rings. The monoisotopic (exact) mass is 298 g/mol. The van der Waals surface area contributed by atoms with Gasteiger partial charge >= 0.3 is 11.9 Å². The number of aryl methyl sites for hydroxylation is 1. The summed E-state index contributed by atoms with van der Waals surface area (Å²) in [6.45, 7) is 0.271. The first-order valence-corrected chi connectivity index (χ1v) is 7.17. The Morgan fingerprint density at radius 1 is 0.727 bits per heavy atom. The minimum Gasteiger partial charge on any atom is -0.457 e. The van der Waals surface area contributed by atoms with Gasteiger partial charge in [0.1, 0.15) is 6.61 Å². The Morgan fingerprint density at radius 3 is 1.91 bits per heavy atom. The molecule has 0 fully saturated rings. The SMILES string of the molecule is O=C(OCCCc1ccccc1)C(=O)OCc1ccccc1. The van der Waals surface area contributed by atoms with Crippen molar-refractivity contribution in [3.63, 3.8) is 0 Å². The third-order valence-corrected chi connectivity index (χ3v) is 3.07.